The first-order valence-electron chi connectivity index (χ1n) is 12.4. The molecular formula is C31H24FN3O3S. The summed E-state index contributed by atoms with van der Waals surface area (Å²) in [7, 11) is 1.33. The van der Waals surface area contributed by atoms with Crippen molar-refractivity contribution in [2.75, 3.05) is 7.11 Å². The minimum atomic E-state index is -0.653. The molecule has 8 heteroatoms. The summed E-state index contributed by atoms with van der Waals surface area (Å²) in [6.07, 6.45) is 3.79. The Morgan fingerprint density at radius 1 is 1.05 bits per heavy atom. The number of allylic oxidation sites excluding steroid dienone is 1. The first-order chi connectivity index (χ1) is 19.0. The maximum atomic E-state index is 14.4. The summed E-state index contributed by atoms with van der Waals surface area (Å²) < 4.78 is 23.5. The highest BCUT2D eigenvalue weighted by Crippen LogP contribution is 2.30. The fourth-order valence-electron chi connectivity index (χ4n) is 5.12. The fourth-order valence-corrected chi connectivity index (χ4v) is 6.15. The van der Waals surface area contributed by atoms with E-state index < -0.39 is 12.0 Å². The fraction of sp³-hybridized carbons (Fsp3) is 0.129. The van der Waals surface area contributed by atoms with Gasteiger partial charge in [-0.2, -0.15) is 0 Å². The van der Waals surface area contributed by atoms with E-state index in [4.69, 9.17) is 4.74 Å². The number of hydrogen-bond acceptors (Lipinski definition) is 5. The molecule has 0 fully saturated rings. The Labute approximate surface area is 227 Å². The number of carbonyl (C=O) groups excluding carboxylic acids is 1. The van der Waals surface area contributed by atoms with Gasteiger partial charge in [0.05, 0.1) is 35.5 Å². The molecule has 0 aliphatic carbocycles. The van der Waals surface area contributed by atoms with Crippen molar-refractivity contribution in [2.45, 2.75) is 19.5 Å². The molecule has 0 spiro atoms. The van der Waals surface area contributed by atoms with Crippen molar-refractivity contribution in [2.24, 2.45) is 4.99 Å². The zero-order valence-corrected chi connectivity index (χ0v) is 22.1. The predicted molar refractivity (Wildman–Crippen MR) is 150 cm³/mol. The van der Waals surface area contributed by atoms with Gasteiger partial charge in [-0.15, -0.1) is 0 Å². The molecule has 0 saturated carbocycles. The molecule has 3 heterocycles. The van der Waals surface area contributed by atoms with Gasteiger partial charge in [0, 0.05) is 28.2 Å². The molecule has 6 rings (SSSR count). The van der Waals surface area contributed by atoms with Crippen LogP contribution in [0.3, 0.4) is 0 Å². The summed E-state index contributed by atoms with van der Waals surface area (Å²) in [5, 5.41) is 0.950. The Balaban J connectivity index is 1.53. The summed E-state index contributed by atoms with van der Waals surface area (Å²) >= 11 is 1.28. The largest absolute Gasteiger partial charge is 0.466 e. The quantitative estimate of drug-likeness (QED) is 0.309. The van der Waals surface area contributed by atoms with E-state index in [0.29, 0.717) is 32.7 Å². The lowest BCUT2D eigenvalue weighted by atomic mass is 9.96. The molecule has 39 heavy (non-hydrogen) atoms. The zero-order valence-electron chi connectivity index (χ0n) is 21.3. The number of carbonyl (C=O) groups is 1. The van der Waals surface area contributed by atoms with Crippen molar-refractivity contribution in [3.05, 3.63) is 139 Å². The lowest BCUT2D eigenvalue weighted by Crippen LogP contribution is -2.39. The third-order valence-corrected chi connectivity index (χ3v) is 7.93. The second-order valence-electron chi connectivity index (χ2n) is 9.30. The number of esters is 1. The first-order valence-corrected chi connectivity index (χ1v) is 13.2. The number of halogens is 1. The summed E-state index contributed by atoms with van der Waals surface area (Å²) in [6, 6.07) is 23.3. The average Bonchev–Trinajstić information content (AvgIpc) is 3.45. The second kappa shape index (κ2) is 9.96. The standard InChI is InChI=1S/C31H24FN3O3S/c1-19-27(30(37)38-2)28(20-10-4-3-5-11-20)35-29(36)26(39-31(35)33-19)16-22-18-34(25-15-9-7-13-23(22)25)17-21-12-6-8-14-24(21)32/h3-16,18,28H,17H2,1-2H3. The van der Waals surface area contributed by atoms with E-state index in [0.717, 1.165) is 22.0 Å². The molecule has 2 aromatic heterocycles. The van der Waals surface area contributed by atoms with Gasteiger partial charge in [-0.1, -0.05) is 78.1 Å². The number of aromatic nitrogens is 2. The Morgan fingerprint density at radius 3 is 2.54 bits per heavy atom. The van der Waals surface area contributed by atoms with Crippen LogP contribution in [0.5, 0.6) is 0 Å². The zero-order chi connectivity index (χ0) is 27.1. The summed E-state index contributed by atoms with van der Waals surface area (Å²) in [4.78, 5) is 31.8. The molecule has 5 aromatic rings. The van der Waals surface area contributed by atoms with E-state index in [2.05, 4.69) is 4.99 Å². The number of ether oxygens (including phenoxy) is 1. The van der Waals surface area contributed by atoms with E-state index >= 15 is 0 Å². The van der Waals surface area contributed by atoms with Crippen molar-refractivity contribution in [1.29, 1.82) is 0 Å². The Bertz CT molecular complexity index is 1950. The molecule has 6 nitrogen and oxygen atoms in total. The third-order valence-electron chi connectivity index (χ3n) is 6.95. The smallest absolute Gasteiger partial charge is 0.338 e. The van der Waals surface area contributed by atoms with E-state index in [-0.39, 0.29) is 11.4 Å². The van der Waals surface area contributed by atoms with Crippen LogP contribution in [-0.2, 0) is 16.1 Å². The molecule has 0 amide bonds. The maximum Gasteiger partial charge on any atom is 0.338 e. The van der Waals surface area contributed by atoms with Crippen molar-refractivity contribution >= 4 is 34.3 Å². The minimum Gasteiger partial charge on any atom is -0.466 e. The summed E-state index contributed by atoms with van der Waals surface area (Å²) in [6.45, 7) is 2.12. The van der Waals surface area contributed by atoms with E-state index in [1.54, 1.807) is 23.6 Å². The Morgan fingerprint density at radius 2 is 1.77 bits per heavy atom. The average molecular weight is 538 g/mol. The van der Waals surface area contributed by atoms with Gasteiger partial charge >= 0.3 is 5.97 Å². The topological polar surface area (TPSA) is 65.6 Å². The van der Waals surface area contributed by atoms with Gasteiger partial charge in [0.25, 0.3) is 5.56 Å². The number of benzene rings is 3. The van der Waals surface area contributed by atoms with Crippen molar-refractivity contribution in [3.63, 3.8) is 0 Å². The van der Waals surface area contributed by atoms with Crippen LogP contribution in [0.15, 0.2) is 106 Å². The second-order valence-corrected chi connectivity index (χ2v) is 10.3. The molecule has 1 aliphatic heterocycles. The van der Waals surface area contributed by atoms with Crippen molar-refractivity contribution in [3.8, 4) is 0 Å². The van der Waals surface area contributed by atoms with Gasteiger partial charge < -0.3 is 9.30 Å². The molecule has 1 aliphatic rings. The van der Waals surface area contributed by atoms with Crippen LogP contribution >= 0.6 is 11.3 Å². The third kappa shape index (κ3) is 4.32. The molecule has 0 bridgehead atoms. The van der Waals surface area contributed by atoms with Crippen molar-refractivity contribution in [1.82, 2.24) is 9.13 Å². The van der Waals surface area contributed by atoms with Crippen LogP contribution in [-0.4, -0.2) is 22.2 Å². The van der Waals surface area contributed by atoms with E-state index in [9.17, 15) is 14.0 Å². The van der Waals surface area contributed by atoms with Gasteiger partial charge in [0.15, 0.2) is 4.80 Å². The molecule has 0 saturated heterocycles. The number of thiazole rings is 1. The Hall–Kier alpha value is -4.56. The number of fused-ring (bicyclic) bond motifs is 2. The molecule has 1 atom stereocenters. The van der Waals surface area contributed by atoms with Gasteiger partial charge in [0.2, 0.25) is 0 Å². The normalized spacial score (nSPS) is 15.4. The lowest BCUT2D eigenvalue weighted by molar-refractivity contribution is -0.136. The lowest BCUT2D eigenvalue weighted by Gasteiger charge is -2.24. The maximum absolute atomic E-state index is 14.4. The van der Waals surface area contributed by atoms with E-state index in [1.165, 1.54) is 24.5 Å². The first kappa shape index (κ1) is 24.8. The SMILES string of the molecule is COC(=O)C1=C(C)N=c2sc(=Cc3cn(Cc4ccccc4F)c4ccccc34)c(=O)n2C1c1ccccc1. The molecule has 194 valence electrons. The van der Waals surface area contributed by atoms with E-state index in [1.807, 2.05) is 77.5 Å². The highest BCUT2D eigenvalue weighted by molar-refractivity contribution is 7.07. The number of methoxy groups -OCH3 is 1. The highest BCUT2D eigenvalue weighted by Gasteiger charge is 2.32. The molecule has 0 N–H and O–H groups in total. The summed E-state index contributed by atoms with van der Waals surface area (Å²) in [5.41, 5.74) is 3.76. The number of rotatable bonds is 5. The predicted octanol–water partition coefficient (Wildman–Crippen LogP) is 4.55. The number of nitrogens with zero attached hydrogens (tertiary/aromatic N) is 3. The monoisotopic (exact) mass is 537 g/mol. The van der Waals surface area contributed by atoms with Gasteiger partial charge in [0.1, 0.15) is 5.82 Å². The summed E-state index contributed by atoms with van der Waals surface area (Å²) in [5.74, 6) is -0.779. The Kier molecular flexibility index (Phi) is 6.32. The van der Waals surface area contributed by atoms with Crippen LogP contribution in [0.1, 0.15) is 29.7 Å². The minimum absolute atomic E-state index is 0.243. The highest BCUT2D eigenvalue weighted by atomic mass is 32.1. The molecular weight excluding hydrogens is 513 g/mol. The van der Waals surface area contributed by atoms with Crippen LogP contribution in [0, 0.1) is 5.82 Å². The number of para-hydroxylation sites is 1. The number of hydrogen-bond donors (Lipinski definition) is 0. The van der Waals surface area contributed by atoms with Crippen LogP contribution < -0.4 is 14.9 Å². The van der Waals surface area contributed by atoms with Gasteiger partial charge in [-0.25, -0.2) is 14.2 Å². The molecule has 0 radical (unpaired) electrons. The van der Waals surface area contributed by atoms with Crippen LogP contribution in [0.4, 0.5) is 4.39 Å². The molecule has 1 unspecified atom stereocenters. The van der Waals surface area contributed by atoms with Crippen LogP contribution in [0.25, 0.3) is 17.0 Å². The van der Waals surface area contributed by atoms with Gasteiger partial charge in [-0.05, 0) is 30.7 Å². The van der Waals surface area contributed by atoms with Crippen molar-refractivity contribution < 1.29 is 13.9 Å². The molecule has 3 aromatic carbocycles. The van der Waals surface area contributed by atoms with Crippen LogP contribution in [0.2, 0.25) is 0 Å². The van der Waals surface area contributed by atoms with Gasteiger partial charge in [-0.3, -0.25) is 9.36 Å².